The van der Waals surface area contributed by atoms with Crippen molar-refractivity contribution in [2.45, 2.75) is 20.3 Å². The van der Waals surface area contributed by atoms with Gasteiger partial charge in [-0.1, -0.05) is 0 Å². The van der Waals surface area contributed by atoms with E-state index < -0.39 is 29.1 Å². The van der Waals surface area contributed by atoms with Crippen molar-refractivity contribution in [2.75, 3.05) is 12.4 Å². The number of carboxylic acid groups (broad SMARTS) is 1. The number of carbonyl (C=O) groups excluding carboxylic acids is 2. The van der Waals surface area contributed by atoms with Gasteiger partial charge >= 0.3 is 11.9 Å². The van der Waals surface area contributed by atoms with Crippen molar-refractivity contribution in [2.24, 2.45) is 5.41 Å². The lowest BCUT2D eigenvalue weighted by Crippen LogP contribution is -2.29. The van der Waals surface area contributed by atoms with E-state index >= 15 is 0 Å². The van der Waals surface area contributed by atoms with Gasteiger partial charge in [-0.2, -0.15) is 0 Å². The molecule has 0 radical (unpaired) electrons. The number of aliphatic carboxylic acids is 1. The molecule has 7 heteroatoms. The number of nitrogens with one attached hydrogen (secondary N) is 1. The van der Waals surface area contributed by atoms with Gasteiger partial charge in [0.1, 0.15) is 5.82 Å². The quantitative estimate of drug-likeness (QED) is 0.811. The lowest BCUT2D eigenvalue weighted by atomic mass is 9.89. The van der Waals surface area contributed by atoms with Crippen molar-refractivity contribution < 1.29 is 28.6 Å². The molecule has 0 atom stereocenters. The Hall–Kier alpha value is -2.44. The highest BCUT2D eigenvalue weighted by atomic mass is 19.1. The molecule has 0 unspecified atom stereocenters. The maximum absolute atomic E-state index is 13.6. The Morgan fingerprint density at radius 3 is 2.48 bits per heavy atom. The van der Waals surface area contributed by atoms with Gasteiger partial charge in [0.15, 0.2) is 0 Å². The Balaban J connectivity index is 2.90. The number of hydrogen-bond donors (Lipinski definition) is 2. The SMILES string of the molecule is COC(=O)c1ccc(F)c(NC(=O)CC(C)(C)C(=O)O)c1. The average Bonchev–Trinajstić information content (AvgIpc) is 2.39. The number of carbonyl (C=O) groups is 3. The summed E-state index contributed by atoms with van der Waals surface area (Å²) in [4.78, 5) is 34.1. The maximum Gasteiger partial charge on any atom is 0.337 e. The molecule has 0 bridgehead atoms. The van der Waals surface area contributed by atoms with E-state index in [4.69, 9.17) is 5.11 Å². The number of amides is 1. The number of methoxy groups -OCH3 is 1. The summed E-state index contributed by atoms with van der Waals surface area (Å²) in [5.41, 5.74) is -1.41. The van der Waals surface area contributed by atoms with Gasteiger partial charge in [0.25, 0.3) is 0 Å². The molecule has 0 saturated heterocycles. The van der Waals surface area contributed by atoms with Crippen molar-refractivity contribution in [3.8, 4) is 0 Å². The predicted molar refractivity (Wildman–Crippen MR) is 72.4 cm³/mol. The molecule has 0 aromatic heterocycles. The van der Waals surface area contributed by atoms with Gasteiger partial charge in [-0.15, -0.1) is 0 Å². The number of benzene rings is 1. The minimum atomic E-state index is -1.28. The number of carboxylic acids is 1. The van der Waals surface area contributed by atoms with Crippen LogP contribution in [0.5, 0.6) is 0 Å². The van der Waals surface area contributed by atoms with E-state index in [1.54, 1.807) is 0 Å². The molecule has 21 heavy (non-hydrogen) atoms. The van der Waals surface area contributed by atoms with E-state index in [2.05, 4.69) is 10.1 Å². The fourth-order valence-corrected chi connectivity index (χ4v) is 1.54. The normalized spacial score (nSPS) is 10.9. The second kappa shape index (κ2) is 6.34. The van der Waals surface area contributed by atoms with E-state index in [1.165, 1.54) is 27.0 Å². The van der Waals surface area contributed by atoms with E-state index in [1.807, 2.05) is 0 Å². The second-order valence-corrected chi connectivity index (χ2v) is 5.10. The average molecular weight is 297 g/mol. The van der Waals surface area contributed by atoms with Gasteiger partial charge < -0.3 is 15.2 Å². The standard InChI is InChI=1S/C14H16FNO5/c1-14(2,13(19)20)7-11(17)16-10-6-8(12(18)21-3)4-5-9(10)15/h4-6H,7H2,1-3H3,(H,16,17)(H,19,20). The first-order chi connectivity index (χ1) is 9.67. The molecule has 0 aliphatic carbocycles. The topological polar surface area (TPSA) is 92.7 Å². The number of ether oxygens (including phenoxy) is 1. The third-order valence-corrected chi connectivity index (χ3v) is 2.84. The van der Waals surface area contributed by atoms with Crippen molar-refractivity contribution >= 4 is 23.5 Å². The fourth-order valence-electron chi connectivity index (χ4n) is 1.54. The number of rotatable bonds is 5. The first-order valence-electron chi connectivity index (χ1n) is 6.08. The molecule has 0 saturated carbocycles. The van der Waals surface area contributed by atoms with Crippen LogP contribution in [0.1, 0.15) is 30.6 Å². The van der Waals surface area contributed by atoms with Crippen molar-refractivity contribution in [1.82, 2.24) is 0 Å². The van der Waals surface area contributed by atoms with Crippen LogP contribution in [0.15, 0.2) is 18.2 Å². The highest BCUT2D eigenvalue weighted by Crippen LogP contribution is 2.23. The van der Waals surface area contributed by atoms with Gasteiger partial charge in [-0.3, -0.25) is 9.59 Å². The van der Waals surface area contributed by atoms with Gasteiger partial charge in [-0.05, 0) is 32.0 Å². The number of anilines is 1. The second-order valence-electron chi connectivity index (χ2n) is 5.10. The molecule has 114 valence electrons. The van der Waals surface area contributed by atoms with Gasteiger partial charge in [0.05, 0.1) is 23.8 Å². The largest absolute Gasteiger partial charge is 0.481 e. The first-order valence-corrected chi connectivity index (χ1v) is 6.08. The highest BCUT2D eigenvalue weighted by Gasteiger charge is 2.30. The van der Waals surface area contributed by atoms with Crippen LogP contribution in [0.2, 0.25) is 0 Å². The summed E-state index contributed by atoms with van der Waals surface area (Å²) in [7, 11) is 1.18. The van der Waals surface area contributed by atoms with Crippen LogP contribution in [0.4, 0.5) is 10.1 Å². The van der Waals surface area contributed by atoms with Gasteiger partial charge in [0, 0.05) is 6.42 Å². The molecule has 0 spiro atoms. The van der Waals surface area contributed by atoms with Gasteiger partial charge in [-0.25, -0.2) is 9.18 Å². The maximum atomic E-state index is 13.6. The first kappa shape index (κ1) is 16.6. The number of esters is 1. The van der Waals surface area contributed by atoms with E-state index in [-0.39, 0.29) is 17.7 Å². The lowest BCUT2D eigenvalue weighted by Gasteiger charge is -2.18. The highest BCUT2D eigenvalue weighted by molar-refractivity contribution is 5.96. The van der Waals surface area contributed by atoms with Crippen LogP contribution < -0.4 is 5.32 Å². The molecule has 0 fully saturated rings. The van der Waals surface area contributed by atoms with Crippen LogP contribution in [-0.2, 0) is 14.3 Å². The molecule has 0 heterocycles. The monoisotopic (exact) mass is 297 g/mol. The molecule has 1 aromatic carbocycles. The van der Waals surface area contributed by atoms with E-state index in [0.29, 0.717) is 0 Å². The Bertz CT molecular complexity index is 583. The molecule has 0 aliphatic rings. The van der Waals surface area contributed by atoms with Crippen molar-refractivity contribution in [1.29, 1.82) is 0 Å². The van der Waals surface area contributed by atoms with Crippen LogP contribution in [0, 0.1) is 11.2 Å². The Morgan fingerprint density at radius 2 is 1.95 bits per heavy atom. The Kier molecular flexibility index (Phi) is 5.02. The smallest absolute Gasteiger partial charge is 0.337 e. The van der Waals surface area contributed by atoms with Crippen molar-refractivity contribution in [3.05, 3.63) is 29.6 Å². The third kappa shape index (κ3) is 4.27. The van der Waals surface area contributed by atoms with E-state index in [0.717, 1.165) is 12.1 Å². The molecule has 1 rings (SSSR count). The Morgan fingerprint density at radius 1 is 1.33 bits per heavy atom. The molecule has 1 aromatic rings. The minimum absolute atomic E-state index is 0.0756. The molecular formula is C14H16FNO5. The summed E-state index contributed by atoms with van der Waals surface area (Å²) < 4.78 is 18.1. The molecule has 0 aliphatic heterocycles. The molecule has 6 nitrogen and oxygen atoms in total. The summed E-state index contributed by atoms with van der Waals surface area (Å²) in [6.45, 7) is 2.77. The summed E-state index contributed by atoms with van der Waals surface area (Å²) in [5.74, 6) is -3.20. The molecule has 1 amide bonds. The van der Waals surface area contributed by atoms with Crippen LogP contribution in [-0.4, -0.2) is 30.1 Å². The minimum Gasteiger partial charge on any atom is -0.481 e. The van der Waals surface area contributed by atoms with Crippen molar-refractivity contribution in [3.63, 3.8) is 0 Å². The third-order valence-electron chi connectivity index (χ3n) is 2.84. The zero-order valence-electron chi connectivity index (χ0n) is 11.9. The van der Waals surface area contributed by atoms with Crippen LogP contribution >= 0.6 is 0 Å². The van der Waals surface area contributed by atoms with Gasteiger partial charge in [0.2, 0.25) is 5.91 Å². The summed E-state index contributed by atoms with van der Waals surface area (Å²) in [6.07, 6.45) is -0.329. The summed E-state index contributed by atoms with van der Waals surface area (Å²) in [6, 6.07) is 3.37. The number of hydrogen-bond acceptors (Lipinski definition) is 4. The van der Waals surface area contributed by atoms with Crippen LogP contribution in [0.25, 0.3) is 0 Å². The molecule has 2 N–H and O–H groups in total. The number of halogens is 1. The lowest BCUT2D eigenvalue weighted by molar-refractivity contribution is -0.148. The molecular weight excluding hydrogens is 281 g/mol. The Labute approximate surface area is 120 Å². The van der Waals surface area contributed by atoms with E-state index in [9.17, 15) is 18.8 Å². The predicted octanol–water partition coefficient (Wildman–Crippen LogP) is 2.05. The fraction of sp³-hybridized carbons (Fsp3) is 0.357. The zero-order chi connectivity index (χ0) is 16.2. The van der Waals surface area contributed by atoms with Crippen LogP contribution in [0.3, 0.4) is 0 Å². The zero-order valence-corrected chi connectivity index (χ0v) is 11.9. The summed E-state index contributed by atoms with van der Waals surface area (Å²) in [5, 5.41) is 11.2. The summed E-state index contributed by atoms with van der Waals surface area (Å²) >= 11 is 0.